The maximum absolute atomic E-state index is 11.8. The molecule has 7 heteroatoms. The fourth-order valence-corrected chi connectivity index (χ4v) is 1.60. The highest BCUT2D eigenvalue weighted by atomic mass is 16.5. The molecule has 7 nitrogen and oxygen atoms in total. The number of aromatic nitrogens is 4. The topological polar surface area (TPSA) is 74.0 Å². The summed E-state index contributed by atoms with van der Waals surface area (Å²) in [5.41, 5.74) is 0.407. The Morgan fingerprint density at radius 2 is 2.32 bits per heavy atom. The fraction of sp³-hybridized carbons (Fsp3) is 0.417. The van der Waals surface area contributed by atoms with Crippen molar-refractivity contribution in [1.82, 2.24) is 24.9 Å². The highest BCUT2D eigenvalue weighted by Gasteiger charge is 2.08. The lowest BCUT2D eigenvalue weighted by atomic mass is 10.4. The predicted molar refractivity (Wildman–Crippen MR) is 68.7 cm³/mol. The lowest BCUT2D eigenvalue weighted by molar-refractivity contribution is 0.0942. The zero-order valence-corrected chi connectivity index (χ0v) is 10.8. The molecule has 0 bridgehead atoms. The first-order valence-electron chi connectivity index (χ1n) is 6.07. The van der Waals surface area contributed by atoms with E-state index in [1.807, 2.05) is 12.3 Å². The van der Waals surface area contributed by atoms with Gasteiger partial charge in [-0.3, -0.25) is 14.2 Å². The zero-order chi connectivity index (χ0) is 13.5. The molecule has 2 aromatic rings. The Kier molecular flexibility index (Phi) is 4.68. The molecule has 0 aromatic carbocycles. The molecule has 19 heavy (non-hydrogen) atoms. The Hall–Kier alpha value is -2.15. The van der Waals surface area contributed by atoms with Gasteiger partial charge in [0.15, 0.2) is 0 Å². The molecular formula is C12H17N5O2. The SMILES string of the molecule is COCCCNC(=O)c1ccn(Cn2cccn2)n1. The Morgan fingerprint density at radius 1 is 1.42 bits per heavy atom. The average molecular weight is 263 g/mol. The van der Waals surface area contributed by atoms with Crippen molar-refractivity contribution in [3.63, 3.8) is 0 Å². The molecule has 2 aromatic heterocycles. The molecule has 0 saturated carbocycles. The van der Waals surface area contributed by atoms with Crippen LogP contribution >= 0.6 is 0 Å². The van der Waals surface area contributed by atoms with E-state index < -0.39 is 0 Å². The van der Waals surface area contributed by atoms with Crippen LogP contribution in [0.1, 0.15) is 16.9 Å². The van der Waals surface area contributed by atoms with Crippen molar-refractivity contribution in [3.8, 4) is 0 Å². The Labute approximate surface area is 111 Å². The maximum atomic E-state index is 11.8. The number of methoxy groups -OCH3 is 1. The number of carbonyl (C=O) groups excluding carboxylic acids is 1. The summed E-state index contributed by atoms with van der Waals surface area (Å²) in [6.45, 7) is 1.71. The molecule has 0 fully saturated rings. The molecule has 1 amide bonds. The van der Waals surface area contributed by atoms with E-state index in [1.165, 1.54) is 0 Å². The number of hydrogen-bond donors (Lipinski definition) is 1. The molecule has 2 heterocycles. The summed E-state index contributed by atoms with van der Waals surface area (Å²) in [4.78, 5) is 11.8. The third-order valence-electron chi connectivity index (χ3n) is 2.53. The number of hydrogen-bond acceptors (Lipinski definition) is 4. The maximum Gasteiger partial charge on any atom is 0.271 e. The number of nitrogens with zero attached hydrogens (tertiary/aromatic N) is 4. The van der Waals surface area contributed by atoms with E-state index in [0.29, 0.717) is 25.5 Å². The molecule has 2 rings (SSSR count). The third kappa shape index (κ3) is 3.92. The van der Waals surface area contributed by atoms with Crippen molar-refractivity contribution in [2.24, 2.45) is 0 Å². The standard InChI is InChI=1S/C12H17N5O2/c1-19-9-3-5-13-12(18)11-4-8-17(15-11)10-16-7-2-6-14-16/h2,4,6-8H,3,5,9-10H2,1H3,(H,13,18). The van der Waals surface area contributed by atoms with E-state index in [1.54, 1.807) is 34.9 Å². The van der Waals surface area contributed by atoms with Crippen LogP contribution in [0.5, 0.6) is 0 Å². The number of amides is 1. The van der Waals surface area contributed by atoms with Crippen LogP contribution < -0.4 is 5.32 Å². The van der Waals surface area contributed by atoms with Crippen LogP contribution in [-0.4, -0.2) is 45.7 Å². The van der Waals surface area contributed by atoms with Gasteiger partial charge in [-0.25, -0.2) is 0 Å². The normalized spacial score (nSPS) is 10.6. The van der Waals surface area contributed by atoms with Crippen LogP contribution in [0.25, 0.3) is 0 Å². The number of rotatable bonds is 7. The van der Waals surface area contributed by atoms with Gasteiger partial charge in [-0.05, 0) is 18.6 Å². The summed E-state index contributed by atoms with van der Waals surface area (Å²) in [6.07, 6.45) is 6.08. The van der Waals surface area contributed by atoms with Gasteiger partial charge in [0, 0.05) is 38.9 Å². The van der Waals surface area contributed by atoms with Gasteiger partial charge >= 0.3 is 0 Å². The summed E-state index contributed by atoms with van der Waals surface area (Å²) in [6, 6.07) is 3.53. The second kappa shape index (κ2) is 6.69. The van der Waals surface area contributed by atoms with Gasteiger partial charge in [-0.15, -0.1) is 0 Å². The molecule has 0 spiro atoms. The lowest BCUT2D eigenvalue weighted by Crippen LogP contribution is -2.26. The van der Waals surface area contributed by atoms with E-state index in [0.717, 1.165) is 6.42 Å². The Morgan fingerprint density at radius 3 is 3.05 bits per heavy atom. The molecule has 0 aliphatic rings. The van der Waals surface area contributed by atoms with Crippen molar-refractivity contribution in [3.05, 3.63) is 36.4 Å². The predicted octanol–water partition coefficient (Wildman–Crippen LogP) is 0.352. The minimum absolute atomic E-state index is 0.171. The van der Waals surface area contributed by atoms with E-state index in [2.05, 4.69) is 15.5 Å². The van der Waals surface area contributed by atoms with Gasteiger partial charge < -0.3 is 10.1 Å². The highest BCUT2D eigenvalue weighted by Crippen LogP contribution is 1.97. The fourth-order valence-electron chi connectivity index (χ4n) is 1.60. The van der Waals surface area contributed by atoms with E-state index in [4.69, 9.17) is 4.74 Å². The van der Waals surface area contributed by atoms with Crippen LogP contribution in [0.3, 0.4) is 0 Å². The molecule has 102 valence electrons. The number of nitrogens with one attached hydrogen (secondary N) is 1. The third-order valence-corrected chi connectivity index (χ3v) is 2.53. The first-order valence-corrected chi connectivity index (χ1v) is 6.07. The molecule has 0 aliphatic heterocycles. The quantitative estimate of drug-likeness (QED) is 0.732. The van der Waals surface area contributed by atoms with Crippen molar-refractivity contribution in [2.45, 2.75) is 13.1 Å². The van der Waals surface area contributed by atoms with Crippen LogP contribution in [0.4, 0.5) is 0 Å². The van der Waals surface area contributed by atoms with E-state index >= 15 is 0 Å². The molecule has 0 radical (unpaired) electrons. The summed E-state index contributed by atoms with van der Waals surface area (Å²) >= 11 is 0. The largest absolute Gasteiger partial charge is 0.385 e. The molecule has 0 saturated heterocycles. The minimum atomic E-state index is -0.171. The molecular weight excluding hydrogens is 246 g/mol. The smallest absolute Gasteiger partial charge is 0.271 e. The molecule has 0 unspecified atom stereocenters. The monoisotopic (exact) mass is 263 g/mol. The Balaban J connectivity index is 1.84. The summed E-state index contributed by atoms with van der Waals surface area (Å²) in [5.74, 6) is -0.171. The summed E-state index contributed by atoms with van der Waals surface area (Å²) < 4.78 is 8.30. The van der Waals surface area contributed by atoms with Gasteiger partial charge in [-0.2, -0.15) is 10.2 Å². The zero-order valence-electron chi connectivity index (χ0n) is 10.8. The number of carbonyl (C=O) groups is 1. The number of ether oxygens (including phenoxy) is 1. The van der Waals surface area contributed by atoms with Gasteiger partial charge in [0.2, 0.25) is 0 Å². The van der Waals surface area contributed by atoms with Crippen LogP contribution in [0.15, 0.2) is 30.7 Å². The average Bonchev–Trinajstić information content (AvgIpc) is 3.06. The first kappa shape index (κ1) is 13.3. The van der Waals surface area contributed by atoms with Gasteiger partial charge in [0.1, 0.15) is 12.4 Å². The van der Waals surface area contributed by atoms with Crippen LogP contribution in [-0.2, 0) is 11.4 Å². The Bertz CT molecular complexity index is 506. The molecule has 0 aliphatic carbocycles. The highest BCUT2D eigenvalue weighted by molar-refractivity contribution is 5.92. The van der Waals surface area contributed by atoms with Gasteiger partial charge in [-0.1, -0.05) is 0 Å². The van der Waals surface area contributed by atoms with E-state index in [-0.39, 0.29) is 5.91 Å². The van der Waals surface area contributed by atoms with Gasteiger partial charge in [0.05, 0.1) is 0 Å². The summed E-state index contributed by atoms with van der Waals surface area (Å²) in [5, 5.41) is 11.1. The minimum Gasteiger partial charge on any atom is -0.385 e. The van der Waals surface area contributed by atoms with Crippen molar-refractivity contribution < 1.29 is 9.53 Å². The van der Waals surface area contributed by atoms with Crippen LogP contribution in [0, 0.1) is 0 Å². The van der Waals surface area contributed by atoms with Crippen molar-refractivity contribution in [1.29, 1.82) is 0 Å². The van der Waals surface area contributed by atoms with E-state index in [9.17, 15) is 4.79 Å². The molecule has 0 atom stereocenters. The van der Waals surface area contributed by atoms with Crippen molar-refractivity contribution >= 4 is 5.91 Å². The van der Waals surface area contributed by atoms with Crippen LogP contribution in [0.2, 0.25) is 0 Å². The van der Waals surface area contributed by atoms with Crippen molar-refractivity contribution in [2.75, 3.05) is 20.3 Å². The first-order chi connectivity index (χ1) is 9.29. The second-order valence-corrected chi connectivity index (χ2v) is 4.03. The summed E-state index contributed by atoms with van der Waals surface area (Å²) in [7, 11) is 1.64. The molecule has 1 N–H and O–H groups in total. The van der Waals surface area contributed by atoms with Gasteiger partial charge in [0.25, 0.3) is 5.91 Å². The second-order valence-electron chi connectivity index (χ2n) is 4.03. The lowest BCUT2D eigenvalue weighted by Gasteiger charge is -2.03.